The summed E-state index contributed by atoms with van der Waals surface area (Å²) in [4.78, 5) is 13.2. The van der Waals surface area contributed by atoms with Crippen LogP contribution in [0.4, 0.5) is 5.88 Å². The predicted molar refractivity (Wildman–Crippen MR) is 48.0 cm³/mol. The zero-order valence-electron chi connectivity index (χ0n) is 7.59. The largest absolute Gasteiger partial charge is 0.334 e. The van der Waals surface area contributed by atoms with Crippen molar-refractivity contribution in [3.05, 3.63) is 10.7 Å². The van der Waals surface area contributed by atoms with Crippen molar-refractivity contribution >= 4 is 23.6 Å². The van der Waals surface area contributed by atoms with Crippen molar-refractivity contribution in [2.24, 2.45) is 4.99 Å². The second kappa shape index (κ2) is 3.32. The summed E-state index contributed by atoms with van der Waals surface area (Å²) in [5.74, 6) is 0.0154. The van der Waals surface area contributed by atoms with Crippen LogP contribution in [0.3, 0.4) is 0 Å². The van der Waals surface area contributed by atoms with Gasteiger partial charge in [0.25, 0.3) is 5.88 Å². The Morgan fingerprint density at radius 1 is 1.54 bits per heavy atom. The fourth-order valence-electron chi connectivity index (χ4n) is 0.847. The fraction of sp³-hybridized carbons (Fsp3) is 0.500. The Morgan fingerprint density at radius 2 is 2.15 bits per heavy atom. The van der Waals surface area contributed by atoms with Gasteiger partial charge in [0, 0.05) is 5.41 Å². The zero-order valence-corrected chi connectivity index (χ0v) is 8.34. The first-order valence-electron chi connectivity index (χ1n) is 3.70. The molecule has 70 valence electrons. The lowest BCUT2D eigenvalue weighted by Crippen LogP contribution is -2.11. The molecular formula is C8H9ClN2O2. The minimum absolute atomic E-state index is 0.0154. The van der Waals surface area contributed by atoms with Crippen molar-refractivity contribution in [3.63, 3.8) is 0 Å². The quantitative estimate of drug-likeness (QED) is 0.517. The van der Waals surface area contributed by atoms with Gasteiger partial charge in [0.2, 0.25) is 6.08 Å². The molecule has 1 rings (SSSR count). The van der Waals surface area contributed by atoms with E-state index in [0.29, 0.717) is 5.69 Å². The van der Waals surface area contributed by atoms with E-state index in [1.54, 1.807) is 0 Å². The van der Waals surface area contributed by atoms with Crippen molar-refractivity contribution < 1.29 is 9.32 Å². The summed E-state index contributed by atoms with van der Waals surface area (Å²) in [5.41, 5.74) is 0.361. The third-order valence-corrected chi connectivity index (χ3v) is 1.82. The fourth-order valence-corrected chi connectivity index (χ4v) is 1.24. The predicted octanol–water partition coefficient (Wildman–Crippen LogP) is 2.59. The minimum Gasteiger partial charge on any atom is -0.334 e. The standard InChI is InChI=1S/C8H9ClN2O2/c1-8(2,3)6-5(9)7(10-4-12)13-11-6/h1-3H3. The highest BCUT2D eigenvalue weighted by Crippen LogP contribution is 2.35. The van der Waals surface area contributed by atoms with Crippen molar-refractivity contribution in [3.8, 4) is 0 Å². The number of halogens is 1. The molecule has 0 amide bonds. The number of carbonyl (C=O) groups excluding carboxylic acids is 1. The third-order valence-electron chi connectivity index (χ3n) is 1.48. The molecule has 0 fully saturated rings. The molecule has 0 aromatic carbocycles. The van der Waals surface area contributed by atoms with Gasteiger partial charge in [-0.15, -0.1) is 4.99 Å². The van der Waals surface area contributed by atoms with Crippen LogP contribution in [0.25, 0.3) is 0 Å². The number of nitrogens with zero attached hydrogens (tertiary/aromatic N) is 2. The maximum atomic E-state index is 9.95. The number of rotatable bonds is 1. The molecule has 0 bridgehead atoms. The van der Waals surface area contributed by atoms with Crippen molar-refractivity contribution in [1.82, 2.24) is 5.16 Å². The first kappa shape index (κ1) is 9.96. The van der Waals surface area contributed by atoms with Gasteiger partial charge in [-0.3, -0.25) is 0 Å². The van der Waals surface area contributed by atoms with Crippen LogP contribution in [0, 0.1) is 0 Å². The first-order chi connectivity index (χ1) is 5.96. The van der Waals surface area contributed by atoms with E-state index < -0.39 is 0 Å². The highest BCUT2D eigenvalue weighted by molar-refractivity contribution is 6.33. The number of aromatic nitrogens is 1. The molecule has 4 nitrogen and oxygen atoms in total. The lowest BCUT2D eigenvalue weighted by Gasteiger charge is -2.13. The van der Waals surface area contributed by atoms with Crippen molar-refractivity contribution in [2.75, 3.05) is 0 Å². The minimum atomic E-state index is -0.225. The van der Waals surface area contributed by atoms with Crippen LogP contribution in [0.5, 0.6) is 0 Å². The lowest BCUT2D eigenvalue weighted by molar-refractivity contribution is 0.401. The van der Waals surface area contributed by atoms with Crippen molar-refractivity contribution in [1.29, 1.82) is 0 Å². The Balaban J connectivity index is 3.21. The van der Waals surface area contributed by atoms with E-state index >= 15 is 0 Å². The summed E-state index contributed by atoms with van der Waals surface area (Å²) in [6.07, 6.45) is 1.35. The monoisotopic (exact) mass is 200 g/mol. The molecule has 13 heavy (non-hydrogen) atoms. The maximum Gasteiger partial charge on any atom is 0.280 e. The van der Waals surface area contributed by atoms with Crippen LogP contribution in [0.2, 0.25) is 5.02 Å². The Bertz CT molecular complexity index is 359. The second-order valence-electron chi connectivity index (χ2n) is 3.60. The van der Waals surface area contributed by atoms with Gasteiger partial charge in [-0.05, 0) is 0 Å². The molecule has 0 atom stereocenters. The molecule has 0 saturated heterocycles. The van der Waals surface area contributed by atoms with Gasteiger partial charge in [0.15, 0.2) is 0 Å². The van der Waals surface area contributed by atoms with Crippen LogP contribution in [-0.2, 0) is 10.2 Å². The highest BCUT2D eigenvalue weighted by Gasteiger charge is 2.24. The number of aliphatic imine (C=N–C) groups is 1. The van der Waals surface area contributed by atoms with Crippen molar-refractivity contribution in [2.45, 2.75) is 26.2 Å². The second-order valence-corrected chi connectivity index (χ2v) is 3.98. The summed E-state index contributed by atoms with van der Waals surface area (Å²) in [7, 11) is 0. The van der Waals surface area contributed by atoms with E-state index in [9.17, 15) is 4.79 Å². The molecule has 5 heteroatoms. The smallest absolute Gasteiger partial charge is 0.280 e. The molecule has 0 unspecified atom stereocenters. The van der Waals surface area contributed by atoms with Gasteiger partial charge < -0.3 is 4.52 Å². The normalized spacial score (nSPS) is 11.1. The highest BCUT2D eigenvalue weighted by atomic mass is 35.5. The van der Waals surface area contributed by atoms with E-state index in [2.05, 4.69) is 10.1 Å². The van der Waals surface area contributed by atoms with Gasteiger partial charge in [-0.1, -0.05) is 37.5 Å². The van der Waals surface area contributed by atoms with E-state index in [0.717, 1.165) is 0 Å². The van der Waals surface area contributed by atoms with Gasteiger partial charge in [0.05, 0.1) is 0 Å². The molecule has 1 heterocycles. The summed E-state index contributed by atoms with van der Waals surface area (Å²) in [6, 6.07) is 0. The summed E-state index contributed by atoms with van der Waals surface area (Å²) in [5, 5.41) is 4.00. The van der Waals surface area contributed by atoms with E-state index in [-0.39, 0.29) is 16.3 Å². The van der Waals surface area contributed by atoms with Crippen LogP contribution in [-0.4, -0.2) is 11.2 Å². The summed E-state index contributed by atoms with van der Waals surface area (Å²) < 4.78 is 4.75. The van der Waals surface area contributed by atoms with Crippen LogP contribution >= 0.6 is 11.6 Å². The number of isocyanates is 1. The first-order valence-corrected chi connectivity index (χ1v) is 4.08. The van der Waals surface area contributed by atoms with Gasteiger partial charge in [0.1, 0.15) is 10.7 Å². The van der Waals surface area contributed by atoms with E-state index in [1.807, 2.05) is 20.8 Å². The topological polar surface area (TPSA) is 55.5 Å². The Hall–Kier alpha value is -1.12. The van der Waals surface area contributed by atoms with E-state index in [4.69, 9.17) is 16.1 Å². The maximum absolute atomic E-state index is 9.95. The van der Waals surface area contributed by atoms with Crippen LogP contribution < -0.4 is 0 Å². The van der Waals surface area contributed by atoms with Gasteiger partial charge in [-0.25, -0.2) is 4.79 Å². The number of hydrogen-bond acceptors (Lipinski definition) is 4. The SMILES string of the molecule is CC(C)(C)c1noc(N=C=O)c1Cl. The molecule has 0 saturated carbocycles. The Morgan fingerprint density at radius 3 is 2.54 bits per heavy atom. The van der Waals surface area contributed by atoms with E-state index in [1.165, 1.54) is 6.08 Å². The zero-order chi connectivity index (χ0) is 10.1. The molecule has 0 radical (unpaired) electrons. The third kappa shape index (κ3) is 1.97. The van der Waals surface area contributed by atoms with Crippen LogP contribution in [0.15, 0.2) is 9.52 Å². The molecule has 0 aliphatic carbocycles. The molecule has 1 aromatic rings. The summed E-state index contributed by atoms with van der Waals surface area (Å²) >= 11 is 5.86. The molecule has 0 N–H and O–H groups in total. The molecule has 1 aromatic heterocycles. The molecule has 0 spiro atoms. The van der Waals surface area contributed by atoms with Gasteiger partial charge in [-0.2, -0.15) is 0 Å². The van der Waals surface area contributed by atoms with Gasteiger partial charge >= 0.3 is 0 Å². The molecule has 0 aliphatic rings. The average Bonchev–Trinajstić information content (AvgIpc) is 2.32. The Kier molecular flexibility index (Phi) is 2.55. The number of hydrogen-bond donors (Lipinski definition) is 0. The summed E-state index contributed by atoms with van der Waals surface area (Å²) in [6.45, 7) is 5.81. The molecular weight excluding hydrogens is 192 g/mol. The lowest BCUT2D eigenvalue weighted by atomic mass is 9.92. The van der Waals surface area contributed by atoms with Crippen LogP contribution in [0.1, 0.15) is 26.5 Å². The average molecular weight is 201 g/mol. The molecule has 0 aliphatic heterocycles. The Labute approximate surface area is 80.6 Å².